The number of carboxylic acids is 1. The van der Waals surface area contributed by atoms with E-state index in [0.717, 1.165) is 11.1 Å². The molecule has 0 saturated carbocycles. The fourth-order valence-corrected chi connectivity index (χ4v) is 3.02. The van der Waals surface area contributed by atoms with Crippen molar-refractivity contribution in [2.75, 3.05) is 6.54 Å². The average Bonchev–Trinajstić information content (AvgIpc) is 2.61. The molecule has 0 aromatic heterocycles. The number of ether oxygens (including phenoxy) is 1. The normalized spacial score (nSPS) is 17.5. The van der Waals surface area contributed by atoms with Gasteiger partial charge in [0.05, 0.1) is 5.92 Å². The van der Waals surface area contributed by atoms with Crippen molar-refractivity contribution in [3.8, 4) is 5.75 Å². The van der Waals surface area contributed by atoms with Crippen LogP contribution in [0.3, 0.4) is 0 Å². The van der Waals surface area contributed by atoms with Crippen molar-refractivity contribution in [1.29, 1.82) is 0 Å². The highest BCUT2D eigenvalue weighted by molar-refractivity contribution is 5.84. The highest BCUT2D eigenvalue weighted by atomic mass is 19.1. The molecule has 1 aliphatic heterocycles. The minimum Gasteiger partial charge on any atom is -0.481 e. The van der Waals surface area contributed by atoms with Crippen molar-refractivity contribution in [2.45, 2.75) is 25.5 Å². The summed E-state index contributed by atoms with van der Waals surface area (Å²) in [6, 6.07) is 13.0. The predicted molar refractivity (Wildman–Crippen MR) is 88.7 cm³/mol. The molecule has 25 heavy (non-hydrogen) atoms. The van der Waals surface area contributed by atoms with Gasteiger partial charge in [-0.2, -0.15) is 0 Å². The van der Waals surface area contributed by atoms with Gasteiger partial charge in [-0.3, -0.25) is 9.59 Å². The van der Waals surface area contributed by atoms with E-state index < -0.39 is 23.8 Å². The molecule has 1 heterocycles. The van der Waals surface area contributed by atoms with Crippen LogP contribution in [0, 0.1) is 5.82 Å². The maximum Gasteiger partial charge on any atom is 0.312 e. The Morgan fingerprint density at radius 1 is 1.20 bits per heavy atom. The maximum atomic E-state index is 13.7. The Bertz CT molecular complexity index is 808. The van der Waals surface area contributed by atoms with Gasteiger partial charge in [0, 0.05) is 13.1 Å². The molecular weight excluding hydrogens is 325 g/mol. The summed E-state index contributed by atoms with van der Waals surface area (Å²) in [6.45, 7) is 1.91. The quantitative estimate of drug-likeness (QED) is 0.927. The van der Waals surface area contributed by atoms with Crippen molar-refractivity contribution in [3.05, 3.63) is 65.5 Å². The monoisotopic (exact) mass is 343 g/mol. The maximum absolute atomic E-state index is 13.7. The van der Waals surface area contributed by atoms with E-state index in [1.54, 1.807) is 18.2 Å². The number of rotatable bonds is 4. The van der Waals surface area contributed by atoms with Crippen molar-refractivity contribution >= 4 is 11.9 Å². The van der Waals surface area contributed by atoms with E-state index in [9.17, 15) is 19.1 Å². The zero-order valence-corrected chi connectivity index (χ0v) is 13.7. The number of halogens is 1. The fraction of sp³-hybridized carbons (Fsp3) is 0.263. The Labute approximate surface area is 144 Å². The summed E-state index contributed by atoms with van der Waals surface area (Å²) < 4.78 is 19.1. The number of fused-ring (bicyclic) bond motifs is 1. The number of aliphatic carboxylic acids is 1. The first kappa shape index (κ1) is 17.0. The molecule has 5 nitrogen and oxygen atoms in total. The van der Waals surface area contributed by atoms with Crippen LogP contribution in [0.1, 0.15) is 24.0 Å². The molecule has 2 unspecified atom stereocenters. The Morgan fingerprint density at radius 3 is 2.60 bits per heavy atom. The Kier molecular flexibility index (Phi) is 4.70. The van der Waals surface area contributed by atoms with Crippen LogP contribution in [-0.4, -0.2) is 34.5 Å². The first-order valence-electron chi connectivity index (χ1n) is 7.98. The van der Waals surface area contributed by atoms with Crippen LogP contribution < -0.4 is 4.74 Å². The number of hydrogen-bond donors (Lipinski definition) is 1. The van der Waals surface area contributed by atoms with Gasteiger partial charge in [-0.15, -0.1) is 0 Å². The van der Waals surface area contributed by atoms with E-state index >= 15 is 0 Å². The zero-order valence-electron chi connectivity index (χ0n) is 13.7. The van der Waals surface area contributed by atoms with E-state index in [0.29, 0.717) is 6.54 Å². The molecule has 1 amide bonds. The van der Waals surface area contributed by atoms with Gasteiger partial charge in [0.1, 0.15) is 0 Å². The van der Waals surface area contributed by atoms with Crippen LogP contribution in [0.4, 0.5) is 4.39 Å². The average molecular weight is 343 g/mol. The van der Waals surface area contributed by atoms with Gasteiger partial charge in [0.15, 0.2) is 17.7 Å². The minimum atomic E-state index is -0.979. The second kappa shape index (κ2) is 6.93. The number of carboxylic acid groups (broad SMARTS) is 1. The topological polar surface area (TPSA) is 66.8 Å². The third kappa shape index (κ3) is 3.47. The number of amides is 1. The highest BCUT2D eigenvalue weighted by Crippen LogP contribution is 2.29. The molecule has 0 bridgehead atoms. The molecule has 0 radical (unpaired) electrons. The number of carbonyl (C=O) groups excluding carboxylic acids is 1. The lowest BCUT2D eigenvalue weighted by atomic mass is 9.89. The molecular formula is C19H18FNO4. The fourth-order valence-electron chi connectivity index (χ4n) is 3.02. The summed E-state index contributed by atoms with van der Waals surface area (Å²) in [4.78, 5) is 25.7. The number of benzene rings is 2. The molecule has 0 spiro atoms. The molecule has 6 heteroatoms. The lowest BCUT2D eigenvalue weighted by Crippen LogP contribution is -2.45. The summed E-state index contributed by atoms with van der Waals surface area (Å²) in [5.41, 5.74) is 1.52. The lowest BCUT2D eigenvalue weighted by Gasteiger charge is -2.34. The van der Waals surface area contributed by atoms with Gasteiger partial charge in [0.2, 0.25) is 0 Å². The summed E-state index contributed by atoms with van der Waals surface area (Å²) in [6.07, 6.45) is -0.920. The molecule has 0 aliphatic carbocycles. The first-order valence-corrected chi connectivity index (χ1v) is 7.98. The largest absolute Gasteiger partial charge is 0.481 e. The summed E-state index contributed by atoms with van der Waals surface area (Å²) in [5.74, 6) is -2.68. The van der Waals surface area contributed by atoms with Crippen LogP contribution in [0.25, 0.3) is 0 Å². The Balaban J connectivity index is 1.78. The van der Waals surface area contributed by atoms with E-state index in [2.05, 4.69) is 0 Å². The lowest BCUT2D eigenvalue weighted by molar-refractivity contribution is -0.143. The summed E-state index contributed by atoms with van der Waals surface area (Å²) in [7, 11) is 0. The van der Waals surface area contributed by atoms with Crippen molar-refractivity contribution in [1.82, 2.24) is 4.90 Å². The molecule has 3 rings (SSSR count). The van der Waals surface area contributed by atoms with Gasteiger partial charge >= 0.3 is 5.97 Å². The molecule has 1 aliphatic rings. The SMILES string of the molecule is CC(Oc1ccccc1F)C(=O)N1Cc2ccccc2C(C(=O)O)C1. The number of carbonyl (C=O) groups is 2. The van der Waals surface area contributed by atoms with E-state index in [-0.39, 0.29) is 18.2 Å². The highest BCUT2D eigenvalue weighted by Gasteiger charge is 2.34. The first-order chi connectivity index (χ1) is 12.0. The smallest absolute Gasteiger partial charge is 0.312 e. The van der Waals surface area contributed by atoms with Crippen molar-refractivity contribution < 1.29 is 23.8 Å². The number of hydrogen-bond acceptors (Lipinski definition) is 3. The third-order valence-corrected chi connectivity index (χ3v) is 4.29. The van der Waals surface area contributed by atoms with Gasteiger partial charge in [-0.05, 0) is 30.2 Å². The number of para-hydroxylation sites is 1. The van der Waals surface area contributed by atoms with Gasteiger partial charge in [-0.25, -0.2) is 4.39 Å². The van der Waals surface area contributed by atoms with Gasteiger partial charge in [0.25, 0.3) is 5.91 Å². The molecule has 2 aromatic rings. The predicted octanol–water partition coefficient (Wildman–Crippen LogP) is 2.80. The van der Waals surface area contributed by atoms with E-state index in [4.69, 9.17) is 4.74 Å². The second-order valence-electron chi connectivity index (χ2n) is 6.00. The Hall–Kier alpha value is -2.89. The van der Waals surface area contributed by atoms with Crippen molar-refractivity contribution in [3.63, 3.8) is 0 Å². The van der Waals surface area contributed by atoms with Crippen LogP contribution in [0.15, 0.2) is 48.5 Å². The van der Waals surface area contributed by atoms with Crippen LogP contribution in [-0.2, 0) is 16.1 Å². The standard InChI is InChI=1S/C19H18FNO4/c1-12(25-17-9-5-4-8-16(17)20)18(22)21-10-13-6-2-3-7-14(13)15(11-21)19(23)24/h2-9,12,15H,10-11H2,1H3,(H,23,24). The van der Waals surface area contributed by atoms with Gasteiger partial charge < -0.3 is 14.7 Å². The van der Waals surface area contributed by atoms with E-state index in [1.165, 1.54) is 30.0 Å². The van der Waals surface area contributed by atoms with Crippen molar-refractivity contribution in [2.24, 2.45) is 0 Å². The van der Waals surface area contributed by atoms with Crippen LogP contribution in [0.2, 0.25) is 0 Å². The third-order valence-electron chi connectivity index (χ3n) is 4.29. The number of nitrogens with zero attached hydrogens (tertiary/aromatic N) is 1. The van der Waals surface area contributed by atoms with E-state index in [1.807, 2.05) is 12.1 Å². The molecule has 1 N–H and O–H groups in total. The van der Waals surface area contributed by atoms with Crippen LogP contribution >= 0.6 is 0 Å². The van der Waals surface area contributed by atoms with Gasteiger partial charge in [-0.1, -0.05) is 36.4 Å². The molecule has 2 atom stereocenters. The molecule has 2 aromatic carbocycles. The zero-order chi connectivity index (χ0) is 18.0. The summed E-state index contributed by atoms with van der Waals surface area (Å²) >= 11 is 0. The molecule has 130 valence electrons. The van der Waals surface area contributed by atoms with Crippen LogP contribution in [0.5, 0.6) is 5.75 Å². The molecule has 0 fully saturated rings. The molecule has 0 saturated heterocycles. The summed E-state index contributed by atoms with van der Waals surface area (Å²) in [5, 5.41) is 9.48. The second-order valence-corrected chi connectivity index (χ2v) is 6.00. The Morgan fingerprint density at radius 2 is 1.88 bits per heavy atom. The minimum absolute atomic E-state index is 0.00413.